The van der Waals surface area contributed by atoms with E-state index in [0.717, 1.165) is 5.56 Å². The van der Waals surface area contributed by atoms with E-state index in [1.54, 1.807) is 29.3 Å². The number of benzene rings is 1. The van der Waals surface area contributed by atoms with Crippen LogP contribution in [0.1, 0.15) is 21.5 Å². The third-order valence-corrected chi connectivity index (χ3v) is 3.98. The Labute approximate surface area is 143 Å². The lowest BCUT2D eigenvalue weighted by atomic mass is 10.0. The summed E-state index contributed by atoms with van der Waals surface area (Å²) in [5, 5.41) is 6.84. The van der Waals surface area contributed by atoms with Crippen LogP contribution in [0.25, 0.3) is 5.82 Å². The number of fused-ring (bicyclic) bond motifs is 1. The smallest absolute Gasteiger partial charge is 0.255 e. The summed E-state index contributed by atoms with van der Waals surface area (Å²) >= 11 is 0. The molecule has 3 aromatic rings. The van der Waals surface area contributed by atoms with Crippen LogP contribution in [0.5, 0.6) is 5.75 Å². The minimum atomic E-state index is -0.399. The van der Waals surface area contributed by atoms with Gasteiger partial charge in [-0.15, -0.1) is 0 Å². The Morgan fingerprint density at radius 3 is 3.00 bits per heavy atom. The van der Waals surface area contributed by atoms with Crippen molar-refractivity contribution in [1.29, 1.82) is 0 Å². The van der Waals surface area contributed by atoms with Gasteiger partial charge in [-0.25, -0.2) is 14.1 Å². The van der Waals surface area contributed by atoms with Crippen molar-refractivity contribution < 1.29 is 13.9 Å². The molecule has 6 nitrogen and oxygen atoms in total. The number of hydrogen-bond acceptors (Lipinski definition) is 4. The van der Waals surface area contributed by atoms with Crippen molar-refractivity contribution in [2.45, 2.75) is 6.42 Å². The van der Waals surface area contributed by atoms with Gasteiger partial charge >= 0.3 is 0 Å². The number of pyridine rings is 1. The highest BCUT2D eigenvalue weighted by atomic mass is 19.1. The van der Waals surface area contributed by atoms with Crippen molar-refractivity contribution in [3.63, 3.8) is 0 Å². The minimum absolute atomic E-state index is 0.249. The molecular formula is C18H15FN4O2. The van der Waals surface area contributed by atoms with E-state index < -0.39 is 5.82 Å². The molecule has 0 saturated carbocycles. The normalized spacial score (nSPS) is 13.6. The van der Waals surface area contributed by atoms with Gasteiger partial charge in [0.2, 0.25) is 0 Å². The fourth-order valence-corrected chi connectivity index (χ4v) is 2.73. The molecule has 1 aliphatic rings. The fourth-order valence-electron chi connectivity index (χ4n) is 2.73. The minimum Gasteiger partial charge on any atom is -0.491 e. The molecule has 2 aromatic heterocycles. The number of carbonyl (C=O) groups excluding carboxylic acids is 1. The number of rotatable bonds is 3. The number of nitrogens with one attached hydrogen (secondary N) is 1. The van der Waals surface area contributed by atoms with Crippen molar-refractivity contribution in [1.82, 2.24) is 20.1 Å². The largest absolute Gasteiger partial charge is 0.491 e. The number of ether oxygens (including phenoxy) is 1. The standard InChI is InChI=1S/C18H15FN4O2/c19-15-10-16-14(18(24)20-5-7-25-16)9-13(15)8-12-2-3-17(21-11-12)23-6-1-4-22-23/h1-4,6,9-11H,5,7-8H2,(H,20,24). The number of aromatic nitrogens is 3. The van der Waals surface area contributed by atoms with Crippen LogP contribution in [-0.4, -0.2) is 33.8 Å². The van der Waals surface area contributed by atoms with E-state index in [9.17, 15) is 9.18 Å². The van der Waals surface area contributed by atoms with Crippen LogP contribution in [0.3, 0.4) is 0 Å². The summed E-state index contributed by atoms with van der Waals surface area (Å²) in [6, 6.07) is 8.33. The highest BCUT2D eigenvalue weighted by Gasteiger charge is 2.19. The first-order chi connectivity index (χ1) is 12.2. The Morgan fingerprint density at radius 1 is 1.32 bits per heavy atom. The maximum absolute atomic E-state index is 14.4. The first-order valence-electron chi connectivity index (χ1n) is 7.89. The number of hydrogen-bond donors (Lipinski definition) is 1. The molecule has 1 N–H and O–H groups in total. The molecule has 25 heavy (non-hydrogen) atoms. The van der Waals surface area contributed by atoms with Crippen molar-refractivity contribution in [3.8, 4) is 11.6 Å². The highest BCUT2D eigenvalue weighted by molar-refractivity contribution is 5.97. The van der Waals surface area contributed by atoms with Crippen molar-refractivity contribution >= 4 is 5.91 Å². The third-order valence-electron chi connectivity index (χ3n) is 3.98. The topological polar surface area (TPSA) is 69.0 Å². The van der Waals surface area contributed by atoms with Gasteiger partial charge < -0.3 is 10.1 Å². The maximum Gasteiger partial charge on any atom is 0.255 e. The predicted octanol–water partition coefficient (Wildman–Crippen LogP) is 2.12. The zero-order chi connectivity index (χ0) is 17.2. The molecule has 4 rings (SSSR count). The predicted molar refractivity (Wildman–Crippen MR) is 88.4 cm³/mol. The molecule has 1 amide bonds. The lowest BCUT2D eigenvalue weighted by molar-refractivity contribution is 0.0957. The molecule has 0 atom stereocenters. The Morgan fingerprint density at radius 2 is 2.24 bits per heavy atom. The fraction of sp³-hybridized carbons (Fsp3) is 0.167. The van der Waals surface area contributed by atoms with Crippen molar-refractivity contribution in [3.05, 3.63) is 71.4 Å². The molecule has 0 saturated heterocycles. The van der Waals surface area contributed by atoms with Crippen LogP contribution in [0, 0.1) is 5.82 Å². The van der Waals surface area contributed by atoms with E-state index in [-0.39, 0.29) is 11.7 Å². The number of carbonyl (C=O) groups is 1. The molecule has 0 aliphatic carbocycles. The second-order valence-corrected chi connectivity index (χ2v) is 5.70. The quantitative estimate of drug-likeness (QED) is 0.794. The van der Waals surface area contributed by atoms with E-state index >= 15 is 0 Å². The summed E-state index contributed by atoms with van der Waals surface area (Å²) in [7, 11) is 0. The Bertz CT molecular complexity index is 908. The van der Waals surface area contributed by atoms with Crippen molar-refractivity contribution in [2.24, 2.45) is 0 Å². The average molecular weight is 338 g/mol. The van der Waals surface area contributed by atoms with Gasteiger partial charge in [-0.2, -0.15) is 5.10 Å². The summed E-state index contributed by atoms with van der Waals surface area (Å²) in [5.74, 6) is 0.317. The van der Waals surface area contributed by atoms with Gasteiger partial charge in [0.1, 0.15) is 18.2 Å². The number of nitrogens with zero attached hydrogens (tertiary/aromatic N) is 3. The zero-order valence-corrected chi connectivity index (χ0v) is 13.3. The first kappa shape index (κ1) is 15.3. The maximum atomic E-state index is 14.4. The molecule has 0 bridgehead atoms. The Hall–Kier alpha value is -3.22. The third kappa shape index (κ3) is 3.08. The summed E-state index contributed by atoms with van der Waals surface area (Å²) < 4.78 is 21.4. The van der Waals surface area contributed by atoms with Gasteiger partial charge in [0.25, 0.3) is 5.91 Å². The van der Waals surface area contributed by atoms with E-state index in [0.29, 0.717) is 36.5 Å². The summed E-state index contributed by atoms with van der Waals surface area (Å²) in [4.78, 5) is 16.4. The SMILES string of the molecule is O=C1NCCOc2cc(F)c(Cc3ccc(-n4cccn4)nc3)cc21. The highest BCUT2D eigenvalue weighted by Crippen LogP contribution is 2.26. The van der Waals surface area contributed by atoms with Crippen molar-refractivity contribution in [2.75, 3.05) is 13.2 Å². The molecule has 0 fully saturated rings. The van der Waals surface area contributed by atoms with Crippen LogP contribution in [-0.2, 0) is 6.42 Å². The van der Waals surface area contributed by atoms with Crippen LogP contribution < -0.4 is 10.1 Å². The molecule has 3 heterocycles. The zero-order valence-electron chi connectivity index (χ0n) is 13.3. The first-order valence-corrected chi connectivity index (χ1v) is 7.89. The van der Waals surface area contributed by atoms with E-state index in [1.807, 2.05) is 18.2 Å². The van der Waals surface area contributed by atoms with E-state index in [2.05, 4.69) is 15.4 Å². The van der Waals surface area contributed by atoms with Gasteiger partial charge in [-0.1, -0.05) is 6.07 Å². The second-order valence-electron chi connectivity index (χ2n) is 5.70. The summed E-state index contributed by atoms with van der Waals surface area (Å²) in [6.45, 7) is 0.736. The number of halogens is 1. The lowest BCUT2D eigenvalue weighted by Crippen LogP contribution is -2.24. The molecule has 126 valence electrons. The molecule has 0 spiro atoms. The van der Waals surface area contributed by atoms with E-state index in [4.69, 9.17) is 4.74 Å². The molecule has 1 aliphatic heterocycles. The molecular weight excluding hydrogens is 323 g/mol. The van der Waals surface area contributed by atoms with Crippen LogP contribution in [0.2, 0.25) is 0 Å². The van der Waals surface area contributed by atoms with Crippen LogP contribution in [0.15, 0.2) is 48.9 Å². The Kier molecular flexibility index (Phi) is 3.89. The summed E-state index contributed by atoms with van der Waals surface area (Å²) in [6.07, 6.45) is 5.48. The van der Waals surface area contributed by atoms with Crippen LogP contribution >= 0.6 is 0 Å². The molecule has 7 heteroatoms. The molecule has 0 unspecified atom stereocenters. The monoisotopic (exact) mass is 338 g/mol. The Balaban J connectivity index is 1.61. The van der Waals surface area contributed by atoms with Gasteiger partial charge in [0.05, 0.1) is 12.1 Å². The molecule has 1 aromatic carbocycles. The van der Waals surface area contributed by atoms with Gasteiger partial charge in [0.15, 0.2) is 5.82 Å². The summed E-state index contributed by atoms with van der Waals surface area (Å²) in [5.41, 5.74) is 1.62. The van der Waals surface area contributed by atoms with Crippen LogP contribution in [0.4, 0.5) is 4.39 Å². The number of amides is 1. The van der Waals surface area contributed by atoms with Gasteiger partial charge in [0, 0.05) is 31.1 Å². The van der Waals surface area contributed by atoms with Gasteiger partial charge in [-0.3, -0.25) is 4.79 Å². The molecule has 0 radical (unpaired) electrons. The van der Waals surface area contributed by atoms with E-state index in [1.165, 1.54) is 6.07 Å². The second kappa shape index (κ2) is 6.35. The average Bonchev–Trinajstić information content (AvgIpc) is 3.10. The lowest BCUT2D eigenvalue weighted by Gasteiger charge is -2.10. The van der Waals surface area contributed by atoms with Gasteiger partial charge in [-0.05, 0) is 29.3 Å².